The molecule has 140 valence electrons. The average molecular weight is 390 g/mol. The van der Waals surface area contributed by atoms with Crippen LogP contribution in [0.25, 0.3) is 0 Å². The normalized spacial score (nSPS) is 16.5. The standard InChI is InChI=1S/C20H27N3OS2/c1-14-6-7-15(2)16(12-14)13-26-20-22-17-8-11-25-18(17)19(24)23(20)10-5-3-4-9-21/h6-8,11-12,19,24H,3-5,9-10,13,21H2,1-2H3. The largest absolute Gasteiger partial charge is 0.368 e. The Morgan fingerprint density at radius 3 is 2.88 bits per heavy atom. The van der Waals surface area contributed by atoms with Gasteiger partial charge in [-0.05, 0) is 55.8 Å². The monoisotopic (exact) mass is 389 g/mol. The molecule has 4 nitrogen and oxygen atoms in total. The number of rotatable bonds is 7. The molecule has 1 aromatic carbocycles. The summed E-state index contributed by atoms with van der Waals surface area (Å²) in [6, 6.07) is 8.55. The Morgan fingerprint density at radius 2 is 2.08 bits per heavy atom. The van der Waals surface area contributed by atoms with E-state index >= 15 is 0 Å². The number of aliphatic hydroxyl groups is 1. The van der Waals surface area contributed by atoms with Gasteiger partial charge in [-0.25, -0.2) is 4.99 Å². The number of nitrogens with two attached hydrogens (primary N) is 1. The summed E-state index contributed by atoms with van der Waals surface area (Å²) in [6.45, 7) is 5.79. The fourth-order valence-corrected chi connectivity index (χ4v) is 4.99. The molecule has 2 heterocycles. The van der Waals surface area contributed by atoms with Gasteiger partial charge < -0.3 is 15.7 Å². The van der Waals surface area contributed by atoms with Crippen molar-refractivity contribution in [3.8, 4) is 0 Å². The number of amidine groups is 1. The van der Waals surface area contributed by atoms with E-state index in [1.165, 1.54) is 16.7 Å². The van der Waals surface area contributed by atoms with E-state index in [4.69, 9.17) is 10.7 Å². The summed E-state index contributed by atoms with van der Waals surface area (Å²) in [5, 5.41) is 13.8. The molecule has 6 heteroatoms. The highest BCUT2D eigenvalue weighted by Crippen LogP contribution is 2.40. The van der Waals surface area contributed by atoms with E-state index in [1.54, 1.807) is 23.1 Å². The van der Waals surface area contributed by atoms with Crippen LogP contribution in [-0.4, -0.2) is 28.3 Å². The lowest BCUT2D eigenvalue weighted by atomic mass is 10.1. The molecule has 0 spiro atoms. The quantitative estimate of drug-likeness (QED) is 0.673. The highest BCUT2D eigenvalue weighted by Gasteiger charge is 2.29. The Morgan fingerprint density at radius 1 is 1.23 bits per heavy atom. The van der Waals surface area contributed by atoms with Crippen LogP contribution in [0.2, 0.25) is 0 Å². The lowest BCUT2D eigenvalue weighted by Gasteiger charge is -2.33. The molecule has 26 heavy (non-hydrogen) atoms. The van der Waals surface area contributed by atoms with Crippen LogP contribution in [0, 0.1) is 13.8 Å². The average Bonchev–Trinajstić information content (AvgIpc) is 3.10. The smallest absolute Gasteiger partial charge is 0.167 e. The van der Waals surface area contributed by atoms with Crippen LogP contribution in [0.1, 0.15) is 47.1 Å². The zero-order valence-corrected chi connectivity index (χ0v) is 17.1. The minimum Gasteiger partial charge on any atom is -0.368 e. The van der Waals surface area contributed by atoms with Crippen molar-refractivity contribution in [2.24, 2.45) is 10.7 Å². The first-order valence-corrected chi connectivity index (χ1v) is 11.0. The van der Waals surface area contributed by atoms with Crippen molar-refractivity contribution in [3.05, 3.63) is 51.2 Å². The van der Waals surface area contributed by atoms with Crippen LogP contribution in [-0.2, 0) is 5.75 Å². The van der Waals surface area contributed by atoms with Gasteiger partial charge in [0.2, 0.25) is 0 Å². The third-order valence-electron chi connectivity index (χ3n) is 4.63. The summed E-state index contributed by atoms with van der Waals surface area (Å²) in [5.74, 6) is 0.859. The van der Waals surface area contributed by atoms with Gasteiger partial charge in [0.25, 0.3) is 0 Å². The van der Waals surface area contributed by atoms with Gasteiger partial charge in [0.15, 0.2) is 11.4 Å². The number of benzene rings is 1. The number of unbranched alkanes of at least 4 members (excludes halogenated alkanes) is 2. The SMILES string of the molecule is Cc1ccc(C)c(CSC2=Nc3ccsc3C(O)N2CCCCCN)c1. The third kappa shape index (κ3) is 4.49. The van der Waals surface area contributed by atoms with E-state index in [9.17, 15) is 5.11 Å². The van der Waals surface area contributed by atoms with E-state index < -0.39 is 6.23 Å². The van der Waals surface area contributed by atoms with E-state index in [0.717, 1.165) is 53.8 Å². The summed E-state index contributed by atoms with van der Waals surface area (Å²) in [6.07, 6.45) is 2.52. The molecule has 0 amide bonds. The summed E-state index contributed by atoms with van der Waals surface area (Å²) in [7, 11) is 0. The number of thioether (sulfide) groups is 1. The number of aliphatic imine (C=N–C) groups is 1. The van der Waals surface area contributed by atoms with Gasteiger partial charge in [0.05, 0.1) is 10.6 Å². The number of hydrogen-bond acceptors (Lipinski definition) is 6. The molecule has 1 aromatic heterocycles. The van der Waals surface area contributed by atoms with Crippen LogP contribution in [0.5, 0.6) is 0 Å². The third-order valence-corrected chi connectivity index (χ3v) is 6.61. The summed E-state index contributed by atoms with van der Waals surface area (Å²) in [5.41, 5.74) is 10.4. The van der Waals surface area contributed by atoms with Gasteiger partial charge >= 0.3 is 0 Å². The van der Waals surface area contributed by atoms with Crippen molar-refractivity contribution in [2.45, 2.75) is 45.1 Å². The van der Waals surface area contributed by atoms with E-state index in [0.29, 0.717) is 0 Å². The molecular weight excluding hydrogens is 362 g/mol. The van der Waals surface area contributed by atoms with Crippen LogP contribution in [0.4, 0.5) is 5.69 Å². The summed E-state index contributed by atoms with van der Waals surface area (Å²) in [4.78, 5) is 7.83. The molecular formula is C20H27N3OS2. The maximum absolute atomic E-state index is 10.9. The number of nitrogens with zero attached hydrogens (tertiary/aromatic N) is 2. The predicted octanol–water partition coefficient (Wildman–Crippen LogP) is 4.72. The lowest BCUT2D eigenvalue weighted by Crippen LogP contribution is -2.35. The lowest BCUT2D eigenvalue weighted by molar-refractivity contribution is 0.0552. The van der Waals surface area contributed by atoms with Crippen molar-refractivity contribution in [3.63, 3.8) is 0 Å². The second-order valence-corrected chi connectivity index (χ2v) is 8.59. The molecule has 0 radical (unpaired) electrons. The van der Waals surface area contributed by atoms with Crippen LogP contribution < -0.4 is 5.73 Å². The molecule has 2 aromatic rings. The molecule has 3 rings (SSSR count). The highest BCUT2D eigenvalue weighted by atomic mass is 32.2. The number of thiophene rings is 1. The molecule has 0 aliphatic carbocycles. The number of hydrogen-bond donors (Lipinski definition) is 2. The minimum atomic E-state index is -0.596. The predicted molar refractivity (Wildman–Crippen MR) is 113 cm³/mol. The van der Waals surface area contributed by atoms with Gasteiger partial charge in [-0.1, -0.05) is 41.9 Å². The van der Waals surface area contributed by atoms with E-state index in [-0.39, 0.29) is 0 Å². The number of aryl methyl sites for hydroxylation is 2. The summed E-state index contributed by atoms with van der Waals surface area (Å²) < 4.78 is 0. The van der Waals surface area contributed by atoms with Crippen LogP contribution in [0.15, 0.2) is 34.6 Å². The van der Waals surface area contributed by atoms with Crippen molar-refractivity contribution in [1.82, 2.24) is 4.90 Å². The van der Waals surface area contributed by atoms with Gasteiger partial charge in [-0.2, -0.15) is 0 Å². The molecule has 0 fully saturated rings. The molecule has 0 bridgehead atoms. The molecule has 0 saturated heterocycles. The molecule has 3 N–H and O–H groups in total. The molecule has 1 aliphatic rings. The van der Waals surface area contributed by atoms with Crippen molar-refractivity contribution in [2.75, 3.05) is 13.1 Å². The molecule has 1 unspecified atom stereocenters. The van der Waals surface area contributed by atoms with E-state index in [2.05, 4.69) is 32.0 Å². The molecule has 1 aliphatic heterocycles. The topological polar surface area (TPSA) is 61.9 Å². The fraction of sp³-hybridized carbons (Fsp3) is 0.450. The van der Waals surface area contributed by atoms with Gasteiger partial charge in [0.1, 0.15) is 0 Å². The Balaban J connectivity index is 1.75. The van der Waals surface area contributed by atoms with Gasteiger partial charge in [-0.15, -0.1) is 11.3 Å². The van der Waals surface area contributed by atoms with Crippen molar-refractivity contribution in [1.29, 1.82) is 0 Å². The second kappa shape index (κ2) is 9.04. The zero-order chi connectivity index (χ0) is 18.5. The van der Waals surface area contributed by atoms with Crippen molar-refractivity contribution < 1.29 is 5.11 Å². The van der Waals surface area contributed by atoms with Crippen LogP contribution >= 0.6 is 23.1 Å². The Bertz CT molecular complexity index is 772. The molecule has 0 saturated carbocycles. The van der Waals surface area contributed by atoms with E-state index in [1.807, 2.05) is 16.3 Å². The zero-order valence-electron chi connectivity index (χ0n) is 15.4. The van der Waals surface area contributed by atoms with Gasteiger partial charge in [0, 0.05) is 12.3 Å². The second-order valence-electron chi connectivity index (χ2n) is 6.70. The Hall–Kier alpha value is -1.34. The first-order chi connectivity index (χ1) is 12.6. The number of aliphatic hydroxyl groups excluding tert-OH is 1. The summed E-state index contributed by atoms with van der Waals surface area (Å²) >= 11 is 3.29. The Labute approximate surface area is 164 Å². The molecule has 1 atom stereocenters. The fourth-order valence-electron chi connectivity index (χ4n) is 3.05. The minimum absolute atomic E-state index is 0.596. The Kier molecular flexibility index (Phi) is 6.75. The first-order valence-electron chi connectivity index (χ1n) is 9.10. The maximum Gasteiger partial charge on any atom is 0.167 e. The highest BCUT2D eigenvalue weighted by molar-refractivity contribution is 8.13. The van der Waals surface area contributed by atoms with Crippen molar-refractivity contribution >= 4 is 34.0 Å². The number of fused-ring (bicyclic) bond motifs is 1. The maximum atomic E-state index is 10.9. The first kappa shape index (κ1) is 19.4. The van der Waals surface area contributed by atoms with Gasteiger partial charge in [-0.3, -0.25) is 0 Å². The van der Waals surface area contributed by atoms with Crippen LogP contribution in [0.3, 0.4) is 0 Å².